The van der Waals surface area contributed by atoms with Crippen molar-refractivity contribution in [2.24, 2.45) is 11.3 Å². The molecule has 0 amide bonds. The maximum atomic E-state index is 14.4. The van der Waals surface area contributed by atoms with Crippen LogP contribution in [0.4, 0.5) is 17.6 Å². The maximum Gasteiger partial charge on any atom is 0.432 e. The Morgan fingerprint density at radius 1 is 1.19 bits per heavy atom. The fourth-order valence-corrected chi connectivity index (χ4v) is 4.89. The van der Waals surface area contributed by atoms with E-state index in [-0.39, 0.29) is 23.1 Å². The molecule has 3 aromatic rings. The highest BCUT2D eigenvalue weighted by molar-refractivity contribution is 5.93. The summed E-state index contributed by atoms with van der Waals surface area (Å²) in [5, 5.41) is 9.53. The molecule has 1 aromatic heterocycles. The summed E-state index contributed by atoms with van der Waals surface area (Å²) in [6.45, 7) is 1.91. The number of benzene rings is 2. The summed E-state index contributed by atoms with van der Waals surface area (Å²) in [5.74, 6) is -1.53. The van der Waals surface area contributed by atoms with Gasteiger partial charge >= 0.3 is 12.1 Å². The molecule has 8 heteroatoms. The lowest BCUT2D eigenvalue weighted by Crippen LogP contribution is -2.39. The third kappa shape index (κ3) is 3.82. The number of aliphatic carboxylic acids is 1. The van der Waals surface area contributed by atoms with Crippen molar-refractivity contribution < 1.29 is 32.2 Å². The topological polar surface area (TPSA) is 51.5 Å². The van der Waals surface area contributed by atoms with Gasteiger partial charge in [-0.05, 0) is 73.1 Å². The fraction of sp³-hybridized carbons (Fsp3) is 0.375. The van der Waals surface area contributed by atoms with Gasteiger partial charge in [-0.3, -0.25) is 4.79 Å². The van der Waals surface area contributed by atoms with Crippen LogP contribution < -0.4 is 4.74 Å². The minimum atomic E-state index is -4.67. The van der Waals surface area contributed by atoms with E-state index in [1.54, 1.807) is 18.2 Å². The molecule has 0 bridgehead atoms. The summed E-state index contributed by atoms with van der Waals surface area (Å²) in [7, 11) is 1.41. The smallest absolute Gasteiger partial charge is 0.432 e. The first-order chi connectivity index (χ1) is 15.0. The molecular formula is C24H23F4NO3. The molecule has 0 spiro atoms. The Bertz CT molecular complexity index is 1160. The number of fused-ring (bicyclic) bond motifs is 1. The molecule has 2 aromatic carbocycles. The van der Waals surface area contributed by atoms with Crippen molar-refractivity contribution in [1.82, 2.24) is 4.57 Å². The predicted molar refractivity (Wildman–Crippen MR) is 112 cm³/mol. The number of hydrogen-bond donors (Lipinski definition) is 1. The number of hydrogen-bond acceptors (Lipinski definition) is 2. The molecule has 1 aliphatic rings. The van der Waals surface area contributed by atoms with Gasteiger partial charge in [0.2, 0.25) is 0 Å². The Morgan fingerprint density at radius 3 is 2.41 bits per heavy atom. The predicted octanol–water partition coefficient (Wildman–Crippen LogP) is 6.23. The van der Waals surface area contributed by atoms with Gasteiger partial charge in [-0.15, -0.1) is 0 Å². The highest BCUT2D eigenvalue weighted by atomic mass is 19.4. The molecule has 32 heavy (non-hydrogen) atoms. The molecule has 1 aliphatic carbocycles. The Morgan fingerprint density at radius 2 is 1.84 bits per heavy atom. The quantitative estimate of drug-likeness (QED) is 0.454. The first kappa shape index (κ1) is 22.2. The minimum Gasteiger partial charge on any atom is -0.496 e. The second-order valence-electron chi connectivity index (χ2n) is 8.75. The number of carbonyl (C=O) groups is 1. The van der Waals surface area contributed by atoms with Crippen LogP contribution in [0.5, 0.6) is 5.75 Å². The lowest BCUT2D eigenvalue weighted by molar-refractivity contribution is -0.149. The number of methoxy groups -OCH3 is 1. The molecule has 4 nitrogen and oxygen atoms in total. The number of alkyl halides is 3. The second-order valence-corrected chi connectivity index (χ2v) is 8.75. The average Bonchev–Trinajstić information content (AvgIpc) is 3.05. The van der Waals surface area contributed by atoms with E-state index in [1.807, 2.05) is 6.92 Å². The van der Waals surface area contributed by atoms with Crippen molar-refractivity contribution in [1.29, 1.82) is 0 Å². The zero-order valence-electron chi connectivity index (χ0n) is 17.7. The lowest BCUT2D eigenvalue weighted by atomic mass is 9.61. The summed E-state index contributed by atoms with van der Waals surface area (Å²) in [6.07, 6.45) is -3.25. The van der Waals surface area contributed by atoms with Crippen molar-refractivity contribution in [2.45, 2.75) is 38.8 Å². The highest BCUT2D eigenvalue weighted by Crippen LogP contribution is 2.50. The van der Waals surface area contributed by atoms with Crippen molar-refractivity contribution in [2.75, 3.05) is 7.11 Å². The Kier molecular flexibility index (Phi) is 5.43. The number of ether oxygens (including phenoxy) is 1. The number of rotatable bonds is 6. The SMILES string of the molecule is COc1cccc2c1c(CCC1(C)CC(C(=O)O)C1)c(C(F)(F)F)n2-c1ccc(F)cc1. The molecule has 1 fully saturated rings. The zero-order chi connectivity index (χ0) is 23.3. The van der Waals surface area contributed by atoms with Gasteiger partial charge in [-0.25, -0.2) is 4.39 Å². The van der Waals surface area contributed by atoms with Crippen LogP contribution in [0.15, 0.2) is 42.5 Å². The Labute approximate surface area is 182 Å². The number of aryl methyl sites for hydroxylation is 1. The monoisotopic (exact) mass is 449 g/mol. The Hall–Kier alpha value is -3.03. The molecule has 1 N–H and O–H groups in total. The van der Waals surface area contributed by atoms with Crippen molar-refractivity contribution in [3.8, 4) is 11.4 Å². The van der Waals surface area contributed by atoms with Crippen molar-refractivity contribution in [3.05, 3.63) is 59.5 Å². The van der Waals surface area contributed by atoms with Gasteiger partial charge in [-0.1, -0.05) is 13.0 Å². The van der Waals surface area contributed by atoms with Crippen LogP contribution in [0.1, 0.15) is 37.4 Å². The van der Waals surface area contributed by atoms with E-state index in [0.717, 1.165) is 16.7 Å². The van der Waals surface area contributed by atoms with Crippen LogP contribution in [-0.4, -0.2) is 22.8 Å². The number of aromatic nitrogens is 1. The first-order valence-corrected chi connectivity index (χ1v) is 10.3. The third-order valence-electron chi connectivity index (χ3n) is 6.44. The van der Waals surface area contributed by atoms with E-state index in [0.29, 0.717) is 35.9 Å². The second kappa shape index (κ2) is 7.83. The summed E-state index contributed by atoms with van der Waals surface area (Å²) in [5.41, 5.74) is -0.529. The van der Waals surface area contributed by atoms with Crippen LogP contribution in [0.2, 0.25) is 0 Å². The van der Waals surface area contributed by atoms with Crippen LogP contribution >= 0.6 is 0 Å². The largest absolute Gasteiger partial charge is 0.496 e. The molecule has 0 unspecified atom stereocenters. The molecule has 0 atom stereocenters. The van der Waals surface area contributed by atoms with Gasteiger partial charge in [-0.2, -0.15) is 13.2 Å². The van der Waals surface area contributed by atoms with Crippen LogP contribution in [0.3, 0.4) is 0 Å². The highest BCUT2D eigenvalue weighted by Gasteiger charge is 2.45. The van der Waals surface area contributed by atoms with E-state index in [4.69, 9.17) is 9.84 Å². The molecule has 0 radical (unpaired) electrons. The van der Waals surface area contributed by atoms with E-state index >= 15 is 0 Å². The number of carboxylic acids is 1. The summed E-state index contributed by atoms with van der Waals surface area (Å²) >= 11 is 0. The van der Waals surface area contributed by atoms with Gasteiger partial charge < -0.3 is 14.4 Å². The summed E-state index contributed by atoms with van der Waals surface area (Å²) < 4.78 is 63.2. The molecule has 1 heterocycles. The molecule has 170 valence electrons. The standard InChI is InChI=1S/C24H23F4NO3/c1-23(12-14(13-23)22(30)31)11-10-17-20-18(4-3-5-19(20)32-2)29(21(17)24(26,27)28)16-8-6-15(25)7-9-16/h3-9,14H,10-13H2,1-2H3,(H,30,31). The number of carboxylic acid groups (broad SMARTS) is 1. The van der Waals surface area contributed by atoms with E-state index in [1.165, 1.54) is 19.2 Å². The van der Waals surface area contributed by atoms with Gasteiger partial charge in [0.05, 0.1) is 18.5 Å². The Balaban J connectivity index is 1.87. The van der Waals surface area contributed by atoms with E-state index in [9.17, 15) is 22.4 Å². The average molecular weight is 449 g/mol. The molecular weight excluding hydrogens is 426 g/mol. The van der Waals surface area contributed by atoms with E-state index < -0.39 is 29.6 Å². The van der Waals surface area contributed by atoms with Gasteiger partial charge in [0.15, 0.2) is 0 Å². The van der Waals surface area contributed by atoms with E-state index in [2.05, 4.69) is 0 Å². The van der Waals surface area contributed by atoms with Crippen LogP contribution in [0.25, 0.3) is 16.6 Å². The fourth-order valence-electron chi connectivity index (χ4n) is 4.89. The molecule has 0 aliphatic heterocycles. The van der Waals surface area contributed by atoms with Gasteiger partial charge in [0, 0.05) is 11.1 Å². The van der Waals surface area contributed by atoms with Gasteiger partial charge in [0.1, 0.15) is 17.3 Å². The van der Waals surface area contributed by atoms with Crippen LogP contribution in [-0.2, 0) is 17.4 Å². The normalized spacial score (nSPS) is 20.9. The lowest BCUT2D eigenvalue weighted by Gasteiger charge is -2.43. The maximum absolute atomic E-state index is 14.4. The van der Waals surface area contributed by atoms with Crippen LogP contribution in [0, 0.1) is 17.2 Å². The number of halogens is 4. The van der Waals surface area contributed by atoms with Crippen molar-refractivity contribution >= 4 is 16.9 Å². The van der Waals surface area contributed by atoms with Gasteiger partial charge in [0.25, 0.3) is 0 Å². The third-order valence-corrected chi connectivity index (χ3v) is 6.44. The summed E-state index contributed by atoms with van der Waals surface area (Å²) in [6, 6.07) is 9.72. The first-order valence-electron chi connectivity index (χ1n) is 10.3. The number of nitrogens with zero attached hydrogens (tertiary/aromatic N) is 1. The molecule has 0 saturated heterocycles. The summed E-state index contributed by atoms with van der Waals surface area (Å²) in [4.78, 5) is 11.2. The molecule has 1 saturated carbocycles. The zero-order valence-corrected chi connectivity index (χ0v) is 17.7. The van der Waals surface area contributed by atoms with Crippen molar-refractivity contribution in [3.63, 3.8) is 0 Å². The molecule has 4 rings (SSSR count). The minimum absolute atomic E-state index is 0.106.